The molecule has 1 aromatic rings. The molecule has 0 radical (unpaired) electrons. The van der Waals surface area contributed by atoms with E-state index in [1.807, 2.05) is 17.0 Å². The number of carbonyl (C=O) groups is 1. The fourth-order valence-corrected chi connectivity index (χ4v) is 11.3. The number of benzene rings is 1. The Kier molecular flexibility index (Phi) is 11.5. The van der Waals surface area contributed by atoms with Gasteiger partial charge in [0, 0.05) is 53.3 Å². The second kappa shape index (κ2) is 15.4. The number of oxime groups is 1. The van der Waals surface area contributed by atoms with E-state index in [2.05, 4.69) is 23.0 Å². The van der Waals surface area contributed by atoms with Gasteiger partial charge in [0.1, 0.15) is 5.75 Å². The summed E-state index contributed by atoms with van der Waals surface area (Å²) < 4.78 is 82.9. The molecule has 1 N–H and O–H groups in total. The first-order valence-corrected chi connectivity index (χ1v) is 20.1. The van der Waals surface area contributed by atoms with E-state index in [9.17, 15) is 36.2 Å². The molecule has 6 rings (SSSR count). The fraction of sp³-hybridized carbons (Fsp3) is 0.784. The zero-order chi connectivity index (χ0) is 35.7. The van der Waals surface area contributed by atoms with Crippen molar-refractivity contribution >= 4 is 22.6 Å². The molecular weight excluding hydrogens is 677 g/mol. The molecule has 6 atom stereocenters. The average molecular weight is 730 g/mol. The second-order valence-electron chi connectivity index (χ2n) is 15.6. The summed E-state index contributed by atoms with van der Waals surface area (Å²) in [6.45, 7) is 5.86. The van der Waals surface area contributed by atoms with E-state index < -0.39 is 35.7 Å². The summed E-state index contributed by atoms with van der Waals surface area (Å²) in [6, 6.07) is 6.54. The number of rotatable bonds is 10. The van der Waals surface area contributed by atoms with E-state index in [0.717, 1.165) is 75.7 Å². The van der Waals surface area contributed by atoms with Crippen molar-refractivity contribution < 1.29 is 40.9 Å². The molecule has 4 fully saturated rings. The summed E-state index contributed by atoms with van der Waals surface area (Å²) in [5, 5.41) is 13.5. The molecule has 1 amide bonds. The van der Waals surface area contributed by atoms with Crippen molar-refractivity contribution in [2.45, 2.75) is 121 Å². The van der Waals surface area contributed by atoms with Gasteiger partial charge in [-0.05, 0) is 137 Å². The Balaban J connectivity index is 1.10. The van der Waals surface area contributed by atoms with Crippen molar-refractivity contribution in [3.63, 3.8) is 0 Å². The van der Waals surface area contributed by atoms with Crippen LogP contribution < -0.4 is 4.74 Å². The van der Waals surface area contributed by atoms with Gasteiger partial charge in [-0.1, -0.05) is 24.6 Å². The van der Waals surface area contributed by atoms with Gasteiger partial charge in [0.2, 0.25) is 0 Å². The Morgan fingerprint density at radius 1 is 1.02 bits per heavy atom. The quantitative estimate of drug-likeness (QED) is 0.148. The number of ether oxygens (including phenoxy) is 1. The number of hydrogen-bond acceptors (Lipinski definition) is 6. The highest BCUT2D eigenvalue weighted by Crippen LogP contribution is 2.62. The predicted octanol–water partition coefficient (Wildman–Crippen LogP) is 8.55. The van der Waals surface area contributed by atoms with Gasteiger partial charge in [-0.25, -0.2) is 4.79 Å². The van der Waals surface area contributed by atoms with Crippen LogP contribution in [0.5, 0.6) is 5.75 Å². The van der Waals surface area contributed by atoms with Gasteiger partial charge in [0.15, 0.2) is 0 Å². The molecule has 0 spiro atoms. The Labute approximate surface area is 294 Å². The summed E-state index contributed by atoms with van der Waals surface area (Å²) in [5.41, 5.74) is 3.05. The largest absolute Gasteiger partial charge is 0.453 e. The monoisotopic (exact) mass is 729 g/mol. The maximum atomic E-state index is 13.3. The zero-order valence-electron chi connectivity index (χ0n) is 29.1. The number of amides is 1. The van der Waals surface area contributed by atoms with Gasteiger partial charge < -0.3 is 19.7 Å². The minimum atomic E-state index is -5.60. The van der Waals surface area contributed by atoms with Crippen molar-refractivity contribution in [2.24, 2.45) is 28.3 Å². The molecule has 0 aromatic heterocycles. The third-order valence-electron chi connectivity index (χ3n) is 12.8. The maximum Gasteiger partial charge on any atom is 0.453 e. The Hall–Kier alpha value is -2.28. The SMILES string of the molecule is C[C@]12CC[C@@H]3c4ccc(OC(=O)N5CCC(N6CCCCC6)CC5)cc4C[C@@H](CCCS(=O)CCCC(F)(F)C(F)(F)F)[C@H]3[C@@H]1CC/C2=N/O. The highest BCUT2D eigenvalue weighted by Gasteiger charge is 2.57. The molecule has 2 saturated carbocycles. The third-order valence-corrected chi connectivity index (χ3v) is 14.3. The lowest BCUT2D eigenvalue weighted by Crippen LogP contribution is -2.48. The predicted molar refractivity (Wildman–Crippen MR) is 183 cm³/mol. The first-order valence-electron chi connectivity index (χ1n) is 18.7. The lowest BCUT2D eigenvalue weighted by Gasteiger charge is -2.52. The van der Waals surface area contributed by atoms with Crippen LogP contribution in [0.4, 0.5) is 26.7 Å². The number of nitrogens with zero attached hydrogens (tertiary/aromatic N) is 3. The van der Waals surface area contributed by atoms with E-state index in [4.69, 9.17) is 4.74 Å². The van der Waals surface area contributed by atoms with Gasteiger partial charge in [-0.3, -0.25) is 4.21 Å². The van der Waals surface area contributed by atoms with Crippen LogP contribution in [0.25, 0.3) is 0 Å². The topological polar surface area (TPSA) is 82.4 Å². The van der Waals surface area contributed by atoms with Gasteiger partial charge in [-0.2, -0.15) is 22.0 Å². The summed E-state index contributed by atoms with van der Waals surface area (Å²) >= 11 is 0. The number of likely N-dealkylation sites (tertiary alicyclic amines) is 2. The van der Waals surface area contributed by atoms with Crippen LogP contribution in [0.3, 0.4) is 0 Å². The highest BCUT2D eigenvalue weighted by molar-refractivity contribution is 7.84. The zero-order valence-corrected chi connectivity index (χ0v) is 29.9. The van der Waals surface area contributed by atoms with Crippen molar-refractivity contribution in [2.75, 3.05) is 37.7 Å². The molecule has 1 aromatic carbocycles. The smallest absolute Gasteiger partial charge is 0.411 e. The molecule has 7 nitrogen and oxygen atoms in total. The lowest BCUT2D eigenvalue weighted by molar-refractivity contribution is -0.284. The third kappa shape index (κ3) is 7.88. The summed E-state index contributed by atoms with van der Waals surface area (Å²) in [4.78, 5) is 17.6. The van der Waals surface area contributed by atoms with E-state index in [1.165, 1.54) is 24.8 Å². The van der Waals surface area contributed by atoms with Gasteiger partial charge in [0.25, 0.3) is 0 Å². The first-order chi connectivity index (χ1) is 23.8. The molecular formula is C37H52F5N3O4S. The van der Waals surface area contributed by atoms with E-state index in [-0.39, 0.29) is 34.8 Å². The molecule has 0 bridgehead atoms. The normalized spacial score (nSPS) is 30.8. The van der Waals surface area contributed by atoms with Gasteiger partial charge >= 0.3 is 18.2 Å². The number of fused-ring (bicyclic) bond motifs is 5. The number of piperidine rings is 2. The standard InChI is InChI=1S/C37H52F5N3O4S/c1-35-16-12-30-29-9-8-28(49-34(46)45-19-13-27(14-20-45)44-17-3-2-4-18-44)24-26(29)23-25(33(30)31(35)10-11-32(35)43-47)7-5-21-50(48)22-6-15-36(38,39)37(40,41)42/h8-9,24-25,27,30-31,33,47H,2-7,10-23H2,1H3/b43-32-/t25-,30-,31+,33-,35+,50?/m1/s1. The van der Waals surface area contributed by atoms with Gasteiger partial charge in [0.05, 0.1) is 5.71 Å². The summed E-state index contributed by atoms with van der Waals surface area (Å²) in [7, 11) is -1.50. The molecule has 3 aliphatic carbocycles. The van der Waals surface area contributed by atoms with Crippen LogP contribution in [-0.2, 0) is 17.2 Å². The number of halogens is 5. The highest BCUT2D eigenvalue weighted by atomic mass is 32.2. The average Bonchev–Trinajstić information content (AvgIpc) is 3.44. The van der Waals surface area contributed by atoms with Crippen molar-refractivity contribution in [3.05, 3.63) is 29.3 Å². The minimum Gasteiger partial charge on any atom is -0.411 e. The molecule has 2 aliphatic heterocycles. The molecule has 2 heterocycles. The summed E-state index contributed by atoms with van der Waals surface area (Å²) in [6.07, 6.45) is 3.52. The molecule has 50 heavy (non-hydrogen) atoms. The Morgan fingerprint density at radius 3 is 2.44 bits per heavy atom. The molecule has 2 saturated heterocycles. The number of hydrogen-bond donors (Lipinski definition) is 1. The van der Waals surface area contributed by atoms with Crippen LogP contribution >= 0.6 is 0 Å². The Bertz CT molecular complexity index is 1410. The molecule has 1 unspecified atom stereocenters. The van der Waals surface area contributed by atoms with Crippen molar-refractivity contribution in [1.29, 1.82) is 0 Å². The lowest BCUT2D eigenvalue weighted by atomic mass is 9.52. The first kappa shape index (κ1) is 37.5. The minimum absolute atomic E-state index is 0.188. The number of alkyl halides is 5. The number of carbonyl (C=O) groups excluding carboxylic acids is 1. The summed E-state index contributed by atoms with van der Waals surface area (Å²) in [5.74, 6) is -3.10. The van der Waals surface area contributed by atoms with Crippen LogP contribution in [-0.4, -0.2) is 86.8 Å². The van der Waals surface area contributed by atoms with E-state index >= 15 is 0 Å². The fourth-order valence-electron chi connectivity index (χ4n) is 10.1. The molecule has 280 valence electrons. The Morgan fingerprint density at radius 2 is 1.74 bits per heavy atom. The molecule has 13 heteroatoms. The van der Waals surface area contributed by atoms with Crippen LogP contribution in [0.1, 0.15) is 107 Å². The van der Waals surface area contributed by atoms with E-state index in [1.54, 1.807) is 0 Å². The second-order valence-corrected chi connectivity index (χ2v) is 17.3. The van der Waals surface area contributed by atoms with Crippen LogP contribution in [0, 0.1) is 23.2 Å². The van der Waals surface area contributed by atoms with Crippen molar-refractivity contribution in [1.82, 2.24) is 9.80 Å². The molecule has 5 aliphatic rings. The van der Waals surface area contributed by atoms with Crippen molar-refractivity contribution in [3.8, 4) is 5.75 Å². The van der Waals surface area contributed by atoms with E-state index in [0.29, 0.717) is 43.1 Å². The maximum absolute atomic E-state index is 13.3. The van der Waals surface area contributed by atoms with Gasteiger partial charge in [-0.15, -0.1) is 0 Å². The van der Waals surface area contributed by atoms with Crippen LogP contribution in [0.15, 0.2) is 23.4 Å². The van der Waals surface area contributed by atoms with Crippen LogP contribution in [0.2, 0.25) is 0 Å².